The van der Waals surface area contributed by atoms with Crippen LogP contribution >= 0.6 is 23.4 Å². The molecule has 2 heterocycles. The van der Waals surface area contributed by atoms with Gasteiger partial charge in [-0.3, -0.25) is 0 Å². The van der Waals surface area contributed by atoms with Crippen LogP contribution in [0.15, 0.2) is 22.4 Å². The maximum Gasteiger partial charge on any atom is 0.215 e. The number of nitrogens with zero attached hydrogens (tertiary/aromatic N) is 6. The van der Waals surface area contributed by atoms with Crippen molar-refractivity contribution in [2.45, 2.75) is 29.1 Å². The molecule has 1 aliphatic carbocycles. The highest BCUT2D eigenvalue weighted by molar-refractivity contribution is 7.99. The van der Waals surface area contributed by atoms with Gasteiger partial charge in [0.15, 0.2) is 0 Å². The minimum absolute atomic E-state index is 0.343. The molecule has 3 rings (SSSR count). The summed E-state index contributed by atoms with van der Waals surface area (Å²) in [4.78, 5) is 4.15. The molecule has 2 aromatic heterocycles. The van der Waals surface area contributed by atoms with Gasteiger partial charge in [0, 0.05) is 6.20 Å². The summed E-state index contributed by atoms with van der Waals surface area (Å²) >= 11 is 7.37. The van der Waals surface area contributed by atoms with E-state index in [4.69, 9.17) is 16.9 Å². The van der Waals surface area contributed by atoms with Gasteiger partial charge in [-0.05, 0) is 41.1 Å². The van der Waals surface area contributed by atoms with E-state index in [-0.39, 0.29) is 0 Å². The predicted octanol–water partition coefficient (Wildman–Crippen LogP) is 2.08. The smallest absolute Gasteiger partial charge is 0.215 e. The van der Waals surface area contributed by atoms with Gasteiger partial charge in [-0.15, -0.1) is 5.10 Å². The van der Waals surface area contributed by atoms with Gasteiger partial charge in [0.1, 0.15) is 11.1 Å². The van der Waals surface area contributed by atoms with Crippen molar-refractivity contribution in [2.24, 2.45) is 0 Å². The highest BCUT2D eigenvalue weighted by Crippen LogP contribution is 2.39. The van der Waals surface area contributed by atoms with E-state index in [9.17, 15) is 0 Å². The van der Waals surface area contributed by atoms with Crippen molar-refractivity contribution in [2.75, 3.05) is 0 Å². The van der Waals surface area contributed by atoms with Crippen LogP contribution in [-0.2, 0) is 0 Å². The second-order valence-corrected chi connectivity index (χ2v) is 5.16. The maximum atomic E-state index is 8.90. The standard InChI is InChI=1S/C10H7ClN6S/c11-8-6(5-12)3-4-13-9(8)18-10-14-15-16-17(10)7-1-2-7/h3-4,7H,1-2H2. The van der Waals surface area contributed by atoms with Crippen molar-refractivity contribution in [3.8, 4) is 6.07 Å². The van der Waals surface area contributed by atoms with E-state index in [1.807, 2.05) is 6.07 Å². The lowest BCUT2D eigenvalue weighted by Crippen LogP contribution is -1.99. The molecule has 0 amide bonds. The molecule has 0 bridgehead atoms. The van der Waals surface area contributed by atoms with Crippen molar-refractivity contribution >= 4 is 23.4 Å². The second kappa shape index (κ2) is 4.55. The van der Waals surface area contributed by atoms with Gasteiger partial charge in [0.25, 0.3) is 0 Å². The van der Waals surface area contributed by atoms with Crippen LogP contribution in [0, 0.1) is 11.3 Å². The van der Waals surface area contributed by atoms with E-state index in [2.05, 4.69) is 20.5 Å². The quantitative estimate of drug-likeness (QED) is 0.855. The fourth-order valence-electron chi connectivity index (χ4n) is 1.47. The molecule has 90 valence electrons. The Labute approximate surface area is 112 Å². The third-order valence-corrected chi connectivity index (χ3v) is 3.97. The first-order chi connectivity index (χ1) is 8.79. The minimum Gasteiger partial charge on any atom is -0.248 e. The van der Waals surface area contributed by atoms with E-state index in [1.54, 1.807) is 16.9 Å². The van der Waals surface area contributed by atoms with Crippen molar-refractivity contribution in [3.05, 3.63) is 22.8 Å². The number of hydrogen-bond acceptors (Lipinski definition) is 6. The first-order valence-electron chi connectivity index (χ1n) is 5.30. The normalized spacial score (nSPS) is 14.4. The molecule has 1 aliphatic rings. The Kier molecular flexibility index (Phi) is 2.89. The average molecular weight is 279 g/mol. The van der Waals surface area contributed by atoms with Crippen molar-refractivity contribution in [3.63, 3.8) is 0 Å². The van der Waals surface area contributed by atoms with Crippen molar-refractivity contribution in [1.82, 2.24) is 25.2 Å². The van der Waals surface area contributed by atoms with Gasteiger partial charge in [-0.25, -0.2) is 9.67 Å². The molecule has 1 saturated carbocycles. The Morgan fingerprint density at radius 1 is 1.50 bits per heavy atom. The van der Waals surface area contributed by atoms with Gasteiger partial charge in [-0.2, -0.15) is 5.26 Å². The number of halogens is 1. The zero-order chi connectivity index (χ0) is 12.5. The summed E-state index contributed by atoms with van der Waals surface area (Å²) in [5.41, 5.74) is 0.402. The fraction of sp³-hybridized carbons (Fsp3) is 0.300. The van der Waals surface area contributed by atoms with Crippen LogP contribution in [0.2, 0.25) is 5.02 Å². The van der Waals surface area contributed by atoms with Gasteiger partial charge in [0.05, 0.1) is 16.6 Å². The largest absolute Gasteiger partial charge is 0.248 e. The molecule has 8 heteroatoms. The minimum atomic E-state index is 0.343. The summed E-state index contributed by atoms with van der Waals surface area (Å²) in [7, 11) is 0. The van der Waals surface area contributed by atoms with Gasteiger partial charge in [0.2, 0.25) is 5.16 Å². The van der Waals surface area contributed by atoms with E-state index >= 15 is 0 Å². The monoisotopic (exact) mass is 278 g/mol. The van der Waals surface area contributed by atoms with Crippen LogP contribution in [0.5, 0.6) is 0 Å². The molecule has 0 aromatic carbocycles. The molecule has 0 aliphatic heterocycles. The molecule has 0 spiro atoms. The lowest BCUT2D eigenvalue weighted by atomic mass is 10.3. The van der Waals surface area contributed by atoms with Crippen LogP contribution in [0.25, 0.3) is 0 Å². The summed E-state index contributed by atoms with van der Waals surface area (Å²) in [6, 6.07) is 3.99. The molecule has 0 saturated heterocycles. The summed E-state index contributed by atoms with van der Waals surface area (Å²) in [5.74, 6) is 0. The van der Waals surface area contributed by atoms with Crippen LogP contribution in [-0.4, -0.2) is 25.2 Å². The lowest BCUT2D eigenvalue weighted by Gasteiger charge is -2.03. The number of aromatic nitrogens is 5. The maximum absolute atomic E-state index is 8.90. The summed E-state index contributed by atoms with van der Waals surface area (Å²) in [6.07, 6.45) is 3.74. The molecule has 0 N–H and O–H groups in total. The van der Waals surface area contributed by atoms with Gasteiger partial charge >= 0.3 is 0 Å². The third kappa shape index (κ3) is 2.05. The average Bonchev–Trinajstić information content (AvgIpc) is 3.13. The molecular weight excluding hydrogens is 272 g/mol. The Morgan fingerprint density at radius 2 is 2.33 bits per heavy atom. The van der Waals surface area contributed by atoms with E-state index < -0.39 is 0 Å². The van der Waals surface area contributed by atoms with Crippen LogP contribution in [0.3, 0.4) is 0 Å². The summed E-state index contributed by atoms with van der Waals surface area (Å²) < 4.78 is 1.78. The Balaban J connectivity index is 1.92. The number of hydrogen-bond donors (Lipinski definition) is 0. The SMILES string of the molecule is N#Cc1ccnc(Sc2nnnn2C2CC2)c1Cl. The van der Waals surface area contributed by atoms with E-state index in [0.717, 1.165) is 12.8 Å². The number of nitriles is 1. The number of pyridine rings is 1. The topological polar surface area (TPSA) is 80.3 Å². The number of tetrazole rings is 1. The first kappa shape index (κ1) is 11.4. The molecule has 0 radical (unpaired) electrons. The van der Waals surface area contributed by atoms with E-state index in [1.165, 1.54) is 11.8 Å². The molecule has 2 aromatic rings. The van der Waals surface area contributed by atoms with Gasteiger partial charge in [-0.1, -0.05) is 11.6 Å². The Hall–Kier alpha value is -1.65. The fourth-order valence-corrected chi connectivity index (χ4v) is 2.58. The highest BCUT2D eigenvalue weighted by atomic mass is 35.5. The molecule has 1 fully saturated rings. The van der Waals surface area contributed by atoms with Crippen LogP contribution < -0.4 is 0 Å². The summed E-state index contributed by atoms with van der Waals surface area (Å²) in [6.45, 7) is 0. The molecule has 0 unspecified atom stereocenters. The molecule has 18 heavy (non-hydrogen) atoms. The zero-order valence-electron chi connectivity index (χ0n) is 9.12. The zero-order valence-corrected chi connectivity index (χ0v) is 10.7. The van der Waals surface area contributed by atoms with Crippen LogP contribution in [0.1, 0.15) is 24.4 Å². The van der Waals surface area contributed by atoms with Crippen LogP contribution in [0.4, 0.5) is 0 Å². The predicted molar refractivity (Wildman–Crippen MR) is 64.2 cm³/mol. The Morgan fingerprint density at radius 3 is 3.06 bits per heavy atom. The molecule has 6 nitrogen and oxygen atoms in total. The third-order valence-electron chi connectivity index (χ3n) is 2.52. The second-order valence-electron chi connectivity index (χ2n) is 3.83. The van der Waals surface area contributed by atoms with E-state index in [0.29, 0.717) is 26.8 Å². The highest BCUT2D eigenvalue weighted by Gasteiger charge is 2.28. The van der Waals surface area contributed by atoms with Crippen molar-refractivity contribution < 1.29 is 0 Å². The number of rotatable bonds is 3. The van der Waals surface area contributed by atoms with Gasteiger partial charge < -0.3 is 0 Å². The lowest BCUT2D eigenvalue weighted by molar-refractivity contribution is 0.565. The molecular formula is C10H7ClN6S. The molecule has 0 atom stereocenters. The van der Waals surface area contributed by atoms with Crippen molar-refractivity contribution in [1.29, 1.82) is 5.26 Å². The first-order valence-corrected chi connectivity index (χ1v) is 6.49. The summed E-state index contributed by atoms with van der Waals surface area (Å²) in [5, 5.41) is 22.0. The Bertz CT molecular complexity index is 630.